The summed E-state index contributed by atoms with van der Waals surface area (Å²) in [6.45, 7) is 1.81. The Morgan fingerprint density at radius 3 is 2.62 bits per heavy atom. The molecule has 0 spiro atoms. The first-order valence-corrected chi connectivity index (χ1v) is 4.26. The van der Waals surface area contributed by atoms with Crippen LogP contribution in [0.15, 0.2) is 36.5 Å². The number of rotatable bonds is 4. The van der Waals surface area contributed by atoms with Crippen molar-refractivity contribution >= 4 is 12.4 Å². The van der Waals surface area contributed by atoms with Gasteiger partial charge in [0.2, 0.25) is 0 Å². The number of carbonyl (C=O) groups excluding carboxylic acids is 1. The summed E-state index contributed by atoms with van der Waals surface area (Å²) in [5, 5.41) is 2.93. The molecule has 0 aliphatic carbocycles. The van der Waals surface area contributed by atoms with Crippen LogP contribution in [0.1, 0.15) is 12.5 Å². The molecule has 13 heavy (non-hydrogen) atoms. The van der Waals surface area contributed by atoms with Crippen molar-refractivity contribution in [1.29, 1.82) is 0 Å². The third-order valence-electron chi connectivity index (χ3n) is 1.64. The molecule has 1 aromatic carbocycles. The van der Waals surface area contributed by atoms with Crippen LogP contribution in [0.3, 0.4) is 0 Å². The SMILES string of the molecule is C[C@@H](C=O)NC=Cc1ccccc1. The van der Waals surface area contributed by atoms with E-state index in [1.165, 1.54) is 0 Å². The molecule has 0 fully saturated rings. The predicted octanol–water partition coefficient (Wildman–Crippen LogP) is 1.83. The van der Waals surface area contributed by atoms with Gasteiger partial charge in [-0.15, -0.1) is 0 Å². The molecule has 68 valence electrons. The molecule has 0 aliphatic rings. The van der Waals surface area contributed by atoms with Crippen LogP contribution in [0.4, 0.5) is 0 Å². The second-order valence-electron chi connectivity index (χ2n) is 2.84. The van der Waals surface area contributed by atoms with Crippen molar-refractivity contribution < 1.29 is 4.79 Å². The maximum Gasteiger partial charge on any atom is 0.141 e. The Morgan fingerprint density at radius 1 is 1.31 bits per heavy atom. The fourth-order valence-corrected chi connectivity index (χ4v) is 0.900. The highest BCUT2D eigenvalue weighted by molar-refractivity contribution is 5.57. The summed E-state index contributed by atoms with van der Waals surface area (Å²) in [7, 11) is 0. The summed E-state index contributed by atoms with van der Waals surface area (Å²) in [6.07, 6.45) is 4.59. The van der Waals surface area contributed by atoms with Crippen LogP contribution in [0.5, 0.6) is 0 Å². The Hall–Kier alpha value is -1.57. The zero-order chi connectivity index (χ0) is 9.52. The Bertz CT molecular complexity index is 279. The number of benzene rings is 1. The van der Waals surface area contributed by atoms with Gasteiger partial charge in [0.1, 0.15) is 6.29 Å². The maximum absolute atomic E-state index is 10.3. The highest BCUT2D eigenvalue weighted by atomic mass is 16.1. The fourth-order valence-electron chi connectivity index (χ4n) is 0.900. The van der Waals surface area contributed by atoms with E-state index < -0.39 is 0 Å². The highest BCUT2D eigenvalue weighted by Crippen LogP contribution is 1.99. The minimum Gasteiger partial charge on any atom is -0.382 e. The lowest BCUT2D eigenvalue weighted by atomic mass is 10.2. The molecule has 0 heterocycles. The first-order valence-electron chi connectivity index (χ1n) is 4.26. The van der Waals surface area contributed by atoms with Crippen LogP contribution in [-0.4, -0.2) is 12.3 Å². The van der Waals surface area contributed by atoms with Gasteiger partial charge in [0, 0.05) is 0 Å². The van der Waals surface area contributed by atoms with Gasteiger partial charge in [0.15, 0.2) is 0 Å². The Kier molecular flexibility index (Phi) is 3.76. The van der Waals surface area contributed by atoms with Crippen LogP contribution in [-0.2, 0) is 4.79 Å². The van der Waals surface area contributed by atoms with Gasteiger partial charge < -0.3 is 10.1 Å². The van der Waals surface area contributed by atoms with Gasteiger partial charge in [0.05, 0.1) is 6.04 Å². The fraction of sp³-hybridized carbons (Fsp3) is 0.182. The van der Waals surface area contributed by atoms with E-state index in [1.807, 2.05) is 43.3 Å². The minimum atomic E-state index is -0.125. The maximum atomic E-state index is 10.3. The average molecular weight is 175 g/mol. The van der Waals surface area contributed by atoms with Crippen LogP contribution in [0.25, 0.3) is 6.08 Å². The van der Waals surface area contributed by atoms with E-state index in [0.717, 1.165) is 11.8 Å². The smallest absolute Gasteiger partial charge is 0.141 e. The van der Waals surface area contributed by atoms with Crippen molar-refractivity contribution in [2.45, 2.75) is 13.0 Å². The molecule has 1 aromatic rings. The summed E-state index contributed by atoms with van der Waals surface area (Å²) < 4.78 is 0. The van der Waals surface area contributed by atoms with E-state index in [9.17, 15) is 4.79 Å². The molecule has 1 rings (SSSR count). The molecule has 0 saturated carbocycles. The minimum absolute atomic E-state index is 0.125. The number of carbonyl (C=O) groups is 1. The Morgan fingerprint density at radius 2 is 2.00 bits per heavy atom. The molecular weight excluding hydrogens is 162 g/mol. The van der Waals surface area contributed by atoms with Crippen LogP contribution >= 0.6 is 0 Å². The van der Waals surface area contributed by atoms with Gasteiger partial charge in [0.25, 0.3) is 0 Å². The monoisotopic (exact) mass is 175 g/mol. The summed E-state index contributed by atoms with van der Waals surface area (Å²) in [6, 6.07) is 9.80. The molecule has 2 heteroatoms. The van der Waals surface area contributed by atoms with Crippen molar-refractivity contribution in [2.24, 2.45) is 0 Å². The quantitative estimate of drug-likeness (QED) is 0.707. The highest BCUT2D eigenvalue weighted by Gasteiger charge is 1.90. The predicted molar refractivity (Wildman–Crippen MR) is 54.1 cm³/mol. The average Bonchev–Trinajstić information content (AvgIpc) is 2.19. The van der Waals surface area contributed by atoms with Crippen LogP contribution in [0.2, 0.25) is 0 Å². The molecule has 0 unspecified atom stereocenters. The lowest BCUT2D eigenvalue weighted by molar-refractivity contribution is -0.109. The van der Waals surface area contributed by atoms with Crippen molar-refractivity contribution in [3.63, 3.8) is 0 Å². The summed E-state index contributed by atoms with van der Waals surface area (Å²) in [5.74, 6) is 0. The van der Waals surface area contributed by atoms with Gasteiger partial charge in [-0.25, -0.2) is 0 Å². The summed E-state index contributed by atoms with van der Waals surface area (Å²) in [4.78, 5) is 10.3. The van der Waals surface area contributed by atoms with E-state index in [1.54, 1.807) is 6.20 Å². The van der Waals surface area contributed by atoms with Gasteiger partial charge >= 0.3 is 0 Å². The zero-order valence-corrected chi connectivity index (χ0v) is 7.60. The van der Waals surface area contributed by atoms with Gasteiger partial charge in [-0.05, 0) is 24.8 Å². The molecule has 0 aliphatic heterocycles. The van der Waals surface area contributed by atoms with Gasteiger partial charge in [-0.3, -0.25) is 0 Å². The molecular formula is C11H13NO. The summed E-state index contributed by atoms with van der Waals surface area (Å²) in [5.41, 5.74) is 1.12. The van der Waals surface area contributed by atoms with E-state index in [-0.39, 0.29) is 6.04 Å². The van der Waals surface area contributed by atoms with Crippen molar-refractivity contribution in [1.82, 2.24) is 5.32 Å². The number of hydrogen-bond acceptors (Lipinski definition) is 2. The van der Waals surface area contributed by atoms with Gasteiger partial charge in [-0.1, -0.05) is 30.3 Å². The second kappa shape index (κ2) is 5.14. The molecule has 0 radical (unpaired) electrons. The summed E-state index contributed by atoms with van der Waals surface area (Å²) >= 11 is 0. The molecule has 0 saturated heterocycles. The molecule has 1 N–H and O–H groups in total. The lowest BCUT2D eigenvalue weighted by Gasteiger charge is -2.01. The molecule has 1 atom stereocenters. The van der Waals surface area contributed by atoms with Crippen molar-refractivity contribution in [2.75, 3.05) is 0 Å². The van der Waals surface area contributed by atoms with E-state index in [4.69, 9.17) is 0 Å². The van der Waals surface area contributed by atoms with Gasteiger partial charge in [-0.2, -0.15) is 0 Å². The third-order valence-corrected chi connectivity index (χ3v) is 1.64. The molecule has 0 amide bonds. The lowest BCUT2D eigenvalue weighted by Crippen LogP contribution is -2.20. The van der Waals surface area contributed by atoms with Crippen LogP contribution in [0, 0.1) is 0 Å². The molecule has 0 bridgehead atoms. The van der Waals surface area contributed by atoms with Crippen LogP contribution < -0.4 is 5.32 Å². The largest absolute Gasteiger partial charge is 0.382 e. The number of nitrogens with one attached hydrogen (secondary N) is 1. The Labute approximate surface area is 78.3 Å². The second-order valence-corrected chi connectivity index (χ2v) is 2.84. The number of aldehydes is 1. The van der Waals surface area contributed by atoms with E-state index in [0.29, 0.717) is 0 Å². The normalized spacial score (nSPS) is 12.7. The standard InChI is InChI=1S/C11H13NO/c1-10(9-13)12-8-7-11-5-3-2-4-6-11/h2-10,12H,1H3/t10-/m0/s1. The van der Waals surface area contributed by atoms with Crippen molar-refractivity contribution in [3.05, 3.63) is 42.1 Å². The topological polar surface area (TPSA) is 29.1 Å². The van der Waals surface area contributed by atoms with Crippen molar-refractivity contribution in [3.8, 4) is 0 Å². The molecule has 2 nitrogen and oxygen atoms in total. The molecule has 0 aromatic heterocycles. The Balaban J connectivity index is 2.45. The zero-order valence-electron chi connectivity index (χ0n) is 7.60. The van der Waals surface area contributed by atoms with E-state index >= 15 is 0 Å². The number of hydrogen-bond donors (Lipinski definition) is 1. The third kappa shape index (κ3) is 3.56. The first-order chi connectivity index (χ1) is 6.33. The first kappa shape index (κ1) is 9.52. The van der Waals surface area contributed by atoms with E-state index in [2.05, 4.69) is 5.32 Å².